The zero-order chi connectivity index (χ0) is 17.1. The molecule has 0 spiro atoms. The van der Waals surface area contributed by atoms with Crippen LogP contribution in [0.5, 0.6) is 5.75 Å². The molecule has 7 nitrogen and oxygen atoms in total. The van der Waals surface area contributed by atoms with Crippen LogP contribution < -0.4 is 10.4 Å². The number of benzene rings is 1. The first-order valence-electron chi connectivity index (χ1n) is 7.54. The molecule has 2 aliphatic rings. The van der Waals surface area contributed by atoms with Gasteiger partial charge in [0.1, 0.15) is 23.5 Å². The Morgan fingerprint density at radius 1 is 1.29 bits per heavy atom. The fourth-order valence-corrected chi connectivity index (χ4v) is 3.18. The Balaban J connectivity index is 1.75. The lowest BCUT2D eigenvalue weighted by molar-refractivity contribution is -0.199. The van der Waals surface area contributed by atoms with Crippen LogP contribution in [0, 0.1) is 0 Å². The second-order valence-electron chi connectivity index (χ2n) is 6.11. The average molecular weight is 332 g/mol. The van der Waals surface area contributed by atoms with Gasteiger partial charge in [-0.3, -0.25) is 4.79 Å². The Morgan fingerprint density at radius 3 is 2.79 bits per heavy atom. The number of fused-ring (bicyclic) bond motifs is 2. The summed E-state index contributed by atoms with van der Waals surface area (Å²) in [5, 5.41) is 0.743. The molecule has 0 bridgehead atoms. The predicted molar refractivity (Wildman–Crippen MR) is 81.7 cm³/mol. The molecule has 24 heavy (non-hydrogen) atoms. The van der Waals surface area contributed by atoms with Crippen molar-refractivity contribution in [2.45, 2.75) is 37.9 Å². The van der Waals surface area contributed by atoms with Crippen molar-refractivity contribution in [2.75, 3.05) is 7.11 Å². The zero-order valence-electron chi connectivity index (χ0n) is 13.4. The fraction of sp³-hybridized carbons (Fsp3) is 0.412. The van der Waals surface area contributed by atoms with Crippen LogP contribution in [0.3, 0.4) is 0 Å². The molecule has 3 heterocycles. The van der Waals surface area contributed by atoms with E-state index in [4.69, 9.17) is 23.4 Å². The molecule has 0 N–H and O–H groups in total. The Labute approximate surface area is 137 Å². The molecule has 0 saturated carbocycles. The summed E-state index contributed by atoms with van der Waals surface area (Å²) < 4.78 is 27.4. The number of epoxide rings is 1. The van der Waals surface area contributed by atoms with Crippen molar-refractivity contribution in [1.82, 2.24) is 0 Å². The van der Waals surface area contributed by atoms with E-state index >= 15 is 0 Å². The minimum absolute atomic E-state index is 0.232. The second-order valence-corrected chi connectivity index (χ2v) is 6.11. The van der Waals surface area contributed by atoms with Crippen molar-refractivity contribution >= 4 is 16.9 Å². The molecule has 2 aliphatic heterocycles. The topological polar surface area (TPSA) is 87.5 Å². The summed E-state index contributed by atoms with van der Waals surface area (Å²) >= 11 is 0. The van der Waals surface area contributed by atoms with Gasteiger partial charge in [-0.2, -0.15) is 0 Å². The van der Waals surface area contributed by atoms with Crippen LogP contribution >= 0.6 is 0 Å². The monoisotopic (exact) mass is 332 g/mol. The first kappa shape index (κ1) is 15.2. The number of carbonyl (C=O) groups is 1. The normalized spacial score (nSPS) is 30.9. The average Bonchev–Trinajstić information content (AvgIpc) is 3.15. The van der Waals surface area contributed by atoms with E-state index in [1.807, 2.05) is 13.0 Å². The molecule has 126 valence electrons. The number of rotatable bonds is 3. The van der Waals surface area contributed by atoms with E-state index in [1.54, 1.807) is 12.1 Å². The second kappa shape index (κ2) is 5.06. The number of methoxy groups -OCH3 is 1. The van der Waals surface area contributed by atoms with Crippen LogP contribution in [-0.4, -0.2) is 31.1 Å². The molecular formula is C17H16O7. The van der Waals surface area contributed by atoms with Crippen LogP contribution in [0.1, 0.15) is 25.5 Å². The van der Waals surface area contributed by atoms with E-state index in [2.05, 4.69) is 0 Å². The largest absolute Gasteiger partial charge is 0.496 e. The summed E-state index contributed by atoms with van der Waals surface area (Å²) in [5.74, 6) is 0.0894. The van der Waals surface area contributed by atoms with Gasteiger partial charge in [0.25, 0.3) is 0 Å². The van der Waals surface area contributed by atoms with E-state index in [-0.39, 0.29) is 6.10 Å². The molecular weight excluding hydrogens is 316 g/mol. The summed E-state index contributed by atoms with van der Waals surface area (Å²) in [7, 11) is 1.52. The molecule has 2 aromatic rings. The van der Waals surface area contributed by atoms with Crippen LogP contribution in [0.4, 0.5) is 0 Å². The Hall–Kier alpha value is -2.38. The number of esters is 1. The minimum atomic E-state index is -0.765. The van der Waals surface area contributed by atoms with Crippen molar-refractivity contribution < 1.29 is 28.2 Å². The van der Waals surface area contributed by atoms with E-state index in [1.165, 1.54) is 20.1 Å². The first-order valence-corrected chi connectivity index (χ1v) is 7.54. The fourth-order valence-electron chi connectivity index (χ4n) is 3.18. The third-order valence-corrected chi connectivity index (χ3v) is 4.45. The van der Waals surface area contributed by atoms with Crippen molar-refractivity contribution in [3.8, 4) is 5.75 Å². The third-order valence-electron chi connectivity index (χ3n) is 4.45. The summed E-state index contributed by atoms with van der Waals surface area (Å²) in [6, 6.07) is 6.51. The maximum absolute atomic E-state index is 11.4. The van der Waals surface area contributed by atoms with Crippen molar-refractivity contribution in [3.63, 3.8) is 0 Å². The van der Waals surface area contributed by atoms with Gasteiger partial charge in [-0.15, -0.1) is 0 Å². The molecule has 7 heteroatoms. The molecule has 0 amide bonds. The minimum Gasteiger partial charge on any atom is -0.496 e. The molecule has 0 radical (unpaired) electrons. The van der Waals surface area contributed by atoms with Gasteiger partial charge in [0.15, 0.2) is 5.60 Å². The maximum Gasteiger partial charge on any atom is 0.336 e. The lowest BCUT2D eigenvalue weighted by Crippen LogP contribution is -2.30. The molecule has 4 atom stereocenters. The Kier molecular flexibility index (Phi) is 3.20. The van der Waals surface area contributed by atoms with Crippen molar-refractivity contribution in [1.29, 1.82) is 0 Å². The Bertz CT molecular complexity index is 886. The van der Waals surface area contributed by atoms with Gasteiger partial charge in [-0.1, -0.05) is 0 Å². The molecule has 2 fully saturated rings. The third kappa shape index (κ3) is 2.20. The van der Waals surface area contributed by atoms with Crippen LogP contribution in [-0.2, 0) is 19.0 Å². The summed E-state index contributed by atoms with van der Waals surface area (Å²) in [6.45, 7) is 3.17. The van der Waals surface area contributed by atoms with Gasteiger partial charge in [0.05, 0.1) is 7.11 Å². The van der Waals surface area contributed by atoms with Gasteiger partial charge in [-0.25, -0.2) is 4.79 Å². The van der Waals surface area contributed by atoms with Crippen molar-refractivity contribution in [2.24, 2.45) is 0 Å². The summed E-state index contributed by atoms with van der Waals surface area (Å²) in [6.07, 6.45) is -1.44. The highest BCUT2D eigenvalue weighted by atomic mass is 16.8. The molecule has 4 rings (SSSR count). The predicted octanol–water partition coefficient (Wildman–Crippen LogP) is 1.92. The van der Waals surface area contributed by atoms with Crippen molar-refractivity contribution in [3.05, 3.63) is 40.2 Å². The van der Waals surface area contributed by atoms with Gasteiger partial charge in [0.2, 0.25) is 6.29 Å². The number of carbonyl (C=O) groups excluding carboxylic acids is 1. The van der Waals surface area contributed by atoms with Crippen LogP contribution in [0.2, 0.25) is 0 Å². The number of ether oxygens (including phenoxy) is 4. The van der Waals surface area contributed by atoms with Gasteiger partial charge in [0, 0.05) is 30.0 Å². The molecule has 1 aromatic heterocycles. The highest BCUT2D eigenvalue weighted by molar-refractivity contribution is 5.79. The standard InChI is InChI=1S/C17H16O7/c1-8(18)21-16-17(2)15(24-17)14(23-16)10-6-9-4-5-13(19)22-11(9)7-12(10)20-3/h4-7,14-16H,1-3H3/t14-,15-,16+,17-/m1/s1. The molecule has 1 aromatic carbocycles. The molecule has 0 aliphatic carbocycles. The van der Waals surface area contributed by atoms with Gasteiger partial charge < -0.3 is 23.4 Å². The quantitative estimate of drug-likeness (QED) is 0.482. The Morgan fingerprint density at radius 2 is 2.08 bits per heavy atom. The van der Waals surface area contributed by atoms with Crippen LogP contribution in [0.15, 0.2) is 33.5 Å². The molecule has 0 unspecified atom stereocenters. The SMILES string of the molecule is COc1cc2oc(=O)ccc2cc1[C@H]1O[C@H](OC(C)=O)[C@]2(C)O[C@H]12. The van der Waals surface area contributed by atoms with Gasteiger partial charge >= 0.3 is 11.6 Å². The zero-order valence-corrected chi connectivity index (χ0v) is 13.4. The molecule has 2 saturated heterocycles. The van der Waals surface area contributed by atoms with E-state index < -0.39 is 29.6 Å². The highest BCUT2D eigenvalue weighted by Gasteiger charge is 2.70. The number of hydrogen-bond acceptors (Lipinski definition) is 7. The van der Waals surface area contributed by atoms with Gasteiger partial charge in [-0.05, 0) is 19.1 Å². The van der Waals surface area contributed by atoms with E-state index in [0.29, 0.717) is 11.3 Å². The van der Waals surface area contributed by atoms with Crippen LogP contribution in [0.25, 0.3) is 11.0 Å². The number of hydrogen-bond donors (Lipinski definition) is 0. The van der Waals surface area contributed by atoms with E-state index in [9.17, 15) is 9.59 Å². The smallest absolute Gasteiger partial charge is 0.336 e. The summed E-state index contributed by atoms with van der Waals surface area (Å²) in [5.41, 5.74) is 0.0984. The lowest BCUT2D eigenvalue weighted by Gasteiger charge is -2.21. The van der Waals surface area contributed by atoms with E-state index in [0.717, 1.165) is 10.9 Å². The highest BCUT2D eigenvalue weighted by Crippen LogP contribution is 2.57. The summed E-state index contributed by atoms with van der Waals surface area (Å²) in [4.78, 5) is 22.6. The first-order chi connectivity index (χ1) is 11.4. The maximum atomic E-state index is 11.4. The lowest BCUT2D eigenvalue weighted by atomic mass is 9.99.